The monoisotopic (exact) mass is 324 g/mol. The summed E-state index contributed by atoms with van der Waals surface area (Å²) in [5.41, 5.74) is 2.92. The second-order valence-corrected chi connectivity index (χ2v) is 5.39. The maximum atomic E-state index is 11.8. The Labute approximate surface area is 136 Å². The van der Waals surface area contributed by atoms with Crippen molar-refractivity contribution in [3.63, 3.8) is 0 Å². The van der Waals surface area contributed by atoms with E-state index >= 15 is 0 Å². The van der Waals surface area contributed by atoms with E-state index in [1.165, 1.54) is 18.0 Å². The highest BCUT2D eigenvalue weighted by molar-refractivity contribution is 7.99. The summed E-state index contributed by atoms with van der Waals surface area (Å²) in [5, 5.41) is 5.42. The SMILES string of the molecule is O=C(N/N=C/c1ccc(Sc2ccccn2)o1)c1ccncc1. The number of pyridine rings is 2. The van der Waals surface area contributed by atoms with Crippen LogP contribution in [0.3, 0.4) is 0 Å². The van der Waals surface area contributed by atoms with Crippen molar-refractivity contribution in [2.75, 3.05) is 0 Å². The number of nitrogens with one attached hydrogen (secondary N) is 1. The Morgan fingerprint density at radius 3 is 2.78 bits per heavy atom. The van der Waals surface area contributed by atoms with Gasteiger partial charge >= 0.3 is 0 Å². The van der Waals surface area contributed by atoms with E-state index in [4.69, 9.17) is 4.42 Å². The summed E-state index contributed by atoms with van der Waals surface area (Å²) < 4.78 is 5.59. The standard InChI is InChI=1S/C16H12N4O2S/c21-16(12-6-9-17-10-7-12)20-19-11-13-4-5-15(22-13)23-14-3-1-2-8-18-14/h1-11H,(H,20,21)/b19-11+. The molecular formula is C16H12N4O2S. The zero-order chi connectivity index (χ0) is 15.9. The van der Waals surface area contributed by atoms with Gasteiger partial charge in [-0.3, -0.25) is 9.78 Å². The molecule has 0 radical (unpaired) electrons. The zero-order valence-corrected chi connectivity index (χ0v) is 12.7. The van der Waals surface area contributed by atoms with Crippen LogP contribution in [0.1, 0.15) is 16.1 Å². The van der Waals surface area contributed by atoms with Gasteiger partial charge < -0.3 is 4.42 Å². The molecule has 0 aliphatic heterocycles. The third kappa shape index (κ3) is 4.27. The zero-order valence-electron chi connectivity index (χ0n) is 11.9. The number of nitrogens with zero attached hydrogens (tertiary/aromatic N) is 3. The van der Waals surface area contributed by atoms with Crippen molar-refractivity contribution < 1.29 is 9.21 Å². The first-order valence-corrected chi connectivity index (χ1v) is 7.55. The number of hydrogen-bond acceptors (Lipinski definition) is 6. The Morgan fingerprint density at radius 1 is 1.13 bits per heavy atom. The van der Waals surface area contributed by atoms with E-state index in [-0.39, 0.29) is 5.91 Å². The van der Waals surface area contributed by atoms with Gasteiger partial charge in [0.15, 0.2) is 5.09 Å². The van der Waals surface area contributed by atoms with E-state index < -0.39 is 0 Å². The molecule has 0 unspecified atom stereocenters. The van der Waals surface area contributed by atoms with E-state index in [9.17, 15) is 4.79 Å². The average molecular weight is 324 g/mol. The summed E-state index contributed by atoms with van der Waals surface area (Å²) >= 11 is 1.41. The van der Waals surface area contributed by atoms with Crippen LogP contribution in [0.2, 0.25) is 0 Å². The Morgan fingerprint density at radius 2 is 2.00 bits per heavy atom. The lowest BCUT2D eigenvalue weighted by molar-refractivity contribution is 0.0955. The van der Waals surface area contributed by atoms with Crippen LogP contribution in [0, 0.1) is 0 Å². The summed E-state index contributed by atoms with van der Waals surface area (Å²) in [6.45, 7) is 0. The van der Waals surface area contributed by atoms with Gasteiger partial charge in [0.25, 0.3) is 5.91 Å². The van der Waals surface area contributed by atoms with Crippen LogP contribution in [-0.2, 0) is 0 Å². The number of hydrazone groups is 1. The second-order valence-electron chi connectivity index (χ2n) is 4.36. The smallest absolute Gasteiger partial charge is 0.271 e. The van der Waals surface area contributed by atoms with Gasteiger partial charge in [-0.1, -0.05) is 6.07 Å². The molecule has 0 aromatic carbocycles. The Balaban J connectivity index is 1.57. The summed E-state index contributed by atoms with van der Waals surface area (Å²) in [4.78, 5) is 19.8. The van der Waals surface area contributed by atoms with E-state index in [1.54, 1.807) is 36.8 Å². The van der Waals surface area contributed by atoms with Gasteiger partial charge in [-0.2, -0.15) is 5.10 Å². The number of amides is 1. The van der Waals surface area contributed by atoms with E-state index in [2.05, 4.69) is 20.5 Å². The van der Waals surface area contributed by atoms with Crippen LogP contribution in [0.25, 0.3) is 0 Å². The summed E-state index contributed by atoms with van der Waals surface area (Å²) in [6, 6.07) is 12.5. The predicted octanol–water partition coefficient (Wildman–Crippen LogP) is 2.98. The molecule has 0 spiro atoms. The van der Waals surface area contributed by atoms with Crippen molar-refractivity contribution in [2.24, 2.45) is 5.10 Å². The second kappa shape index (κ2) is 7.37. The lowest BCUT2D eigenvalue weighted by Crippen LogP contribution is -2.17. The molecule has 0 bridgehead atoms. The summed E-state index contributed by atoms with van der Waals surface area (Å²) in [5.74, 6) is 0.233. The summed E-state index contributed by atoms with van der Waals surface area (Å²) in [6.07, 6.45) is 6.27. The number of rotatable bonds is 5. The normalized spacial score (nSPS) is 10.8. The molecule has 3 rings (SSSR count). The first-order chi connectivity index (χ1) is 11.3. The van der Waals surface area contributed by atoms with E-state index in [0.29, 0.717) is 16.4 Å². The Bertz CT molecular complexity index is 803. The minimum Gasteiger partial charge on any atom is -0.448 e. The fourth-order valence-corrected chi connectivity index (χ4v) is 2.43. The Hall–Kier alpha value is -2.93. The van der Waals surface area contributed by atoms with Gasteiger partial charge in [0.1, 0.15) is 10.8 Å². The van der Waals surface area contributed by atoms with Crippen LogP contribution >= 0.6 is 11.8 Å². The van der Waals surface area contributed by atoms with Crippen molar-refractivity contribution >= 4 is 23.9 Å². The maximum absolute atomic E-state index is 11.8. The number of aromatic nitrogens is 2. The molecule has 0 saturated carbocycles. The fourth-order valence-electron chi connectivity index (χ4n) is 1.69. The molecule has 7 heteroatoms. The van der Waals surface area contributed by atoms with Gasteiger partial charge in [0.2, 0.25) is 0 Å². The van der Waals surface area contributed by atoms with Gasteiger partial charge in [0, 0.05) is 24.2 Å². The van der Waals surface area contributed by atoms with Crippen molar-refractivity contribution in [1.29, 1.82) is 0 Å². The number of furan rings is 1. The molecule has 0 aliphatic rings. The van der Waals surface area contributed by atoms with Crippen LogP contribution < -0.4 is 5.43 Å². The number of carbonyl (C=O) groups is 1. The average Bonchev–Trinajstić information content (AvgIpc) is 3.04. The topological polar surface area (TPSA) is 80.4 Å². The largest absolute Gasteiger partial charge is 0.448 e. The van der Waals surface area contributed by atoms with E-state index in [1.807, 2.05) is 24.3 Å². The van der Waals surface area contributed by atoms with Crippen molar-refractivity contribution in [2.45, 2.75) is 10.1 Å². The molecule has 1 amide bonds. The number of hydrogen-bond donors (Lipinski definition) is 1. The Kier molecular flexibility index (Phi) is 4.80. The minimum atomic E-state index is -0.307. The van der Waals surface area contributed by atoms with Crippen LogP contribution in [-0.4, -0.2) is 22.1 Å². The molecule has 1 N–H and O–H groups in total. The quantitative estimate of drug-likeness (QED) is 0.576. The molecule has 3 heterocycles. The lowest BCUT2D eigenvalue weighted by Gasteiger charge is -1.97. The highest BCUT2D eigenvalue weighted by atomic mass is 32.2. The maximum Gasteiger partial charge on any atom is 0.271 e. The van der Waals surface area contributed by atoms with Crippen molar-refractivity contribution in [3.8, 4) is 0 Å². The van der Waals surface area contributed by atoms with Crippen molar-refractivity contribution in [1.82, 2.24) is 15.4 Å². The molecule has 0 atom stereocenters. The van der Waals surface area contributed by atoms with Crippen LogP contribution in [0.15, 0.2) is 80.7 Å². The first kappa shape index (κ1) is 15.0. The summed E-state index contributed by atoms with van der Waals surface area (Å²) in [7, 11) is 0. The van der Waals surface area contributed by atoms with Gasteiger partial charge in [-0.05, 0) is 48.2 Å². The van der Waals surface area contributed by atoms with Crippen molar-refractivity contribution in [3.05, 3.63) is 72.4 Å². The highest BCUT2D eigenvalue weighted by Gasteiger charge is 2.04. The molecular weight excluding hydrogens is 312 g/mol. The first-order valence-electron chi connectivity index (χ1n) is 6.73. The van der Waals surface area contributed by atoms with Gasteiger partial charge in [0.05, 0.1) is 6.21 Å². The fraction of sp³-hybridized carbons (Fsp3) is 0. The number of carbonyl (C=O) groups excluding carboxylic acids is 1. The predicted molar refractivity (Wildman–Crippen MR) is 86.4 cm³/mol. The highest BCUT2D eigenvalue weighted by Crippen LogP contribution is 2.26. The van der Waals surface area contributed by atoms with E-state index in [0.717, 1.165) is 5.03 Å². The molecule has 0 aliphatic carbocycles. The van der Waals surface area contributed by atoms with Gasteiger partial charge in [-0.25, -0.2) is 10.4 Å². The lowest BCUT2D eigenvalue weighted by atomic mass is 10.3. The third-order valence-corrected chi connectivity index (χ3v) is 3.62. The molecule has 0 saturated heterocycles. The third-order valence-electron chi connectivity index (χ3n) is 2.75. The van der Waals surface area contributed by atoms with Crippen LogP contribution in [0.4, 0.5) is 0 Å². The minimum absolute atomic E-state index is 0.307. The molecule has 3 aromatic heterocycles. The van der Waals surface area contributed by atoms with Crippen LogP contribution in [0.5, 0.6) is 0 Å². The molecule has 114 valence electrons. The molecule has 0 fully saturated rings. The molecule has 23 heavy (non-hydrogen) atoms. The molecule has 3 aromatic rings. The molecule has 6 nitrogen and oxygen atoms in total. The van der Waals surface area contributed by atoms with Gasteiger partial charge in [-0.15, -0.1) is 0 Å².